The number of benzene rings is 1. The molecule has 0 heterocycles. The number of aliphatic hydroxyl groups is 1. The van der Waals surface area contributed by atoms with Crippen molar-refractivity contribution in [3.63, 3.8) is 0 Å². The average Bonchev–Trinajstić information content (AvgIpc) is 2.38. The molecule has 2 atom stereocenters. The Kier molecular flexibility index (Phi) is 5.66. The largest absolute Gasteiger partial charge is 0.396 e. The summed E-state index contributed by atoms with van der Waals surface area (Å²) < 4.78 is 0. The first-order chi connectivity index (χ1) is 8.19. The molecule has 0 aliphatic rings. The summed E-state index contributed by atoms with van der Waals surface area (Å²) in [4.78, 5) is 11.9. The summed E-state index contributed by atoms with van der Waals surface area (Å²) >= 11 is 0. The van der Waals surface area contributed by atoms with Gasteiger partial charge in [-0.3, -0.25) is 4.79 Å². The van der Waals surface area contributed by atoms with Gasteiger partial charge in [0.1, 0.15) is 6.04 Å². The van der Waals surface area contributed by atoms with E-state index >= 15 is 0 Å². The molecule has 1 rings (SSSR count). The molecule has 1 aromatic rings. The van der Waals surface area contributed by atoms with Crippen molar-refractivity contribution in [1.29, 1.82) is 0 Å². The van der Waals surface area contributed by atoms with Crippen molar-refractivity contribution in [1.82, 2.24) is 5.32 Å². The summed E-state index contributed by atoms with van der Waals surface area (Å²) in [7, 11) is 0. The van der Waals surface area contributed by atoms with Gasteiger partial charge >= 0.3 is 0 Å². The third kappa shape index (κ3) is 4.17. The van der Waals surface area contributed by atoms with E-state index in [1.165, 1.54) is 0 Å². The van der Waals surface area contributed by atoms with Crippen molar-refractivity contribution >= 4 is 5.91 Å². The quantitative estimate of drug-likeness (QED) is 0.688. The van der Waals surface area contributed by atoms with Gasteiger partial charge in [0, 0.05) is 12.6 Å². The van der Waals surface area contributed by atoms with Crippen molar-refractivity contribution in [3.8, 4) is 0 Å². The van der Waals surface area contributed by atoms with Crippen molar-refractivity contribution in [2.45, 2.75) is 31.8 Å². The van der Waals surface area contributed by atoms with E-state index in [9.17, 15) is 4.79 Å². The molecule has 0 spiro atoms. The van der Waals surface area contributed by atoms with Crippen LogP contribution in [0.4, 0.5) is 0 Å². The molecule has 0 radical (unpaired) electrons. The minimum absolute atomic E-state index is 0.0118. The fraction of sp³-hybridized carbons (Fsp3) is 0.462. The smallest absolute Gasteiger partial charge is 0.241 e. The second-order valence-corrected chi connectivity index (χ2v) is 4.01. The van der Waals surface area contributed by atoms with E-state index < -0.39 is 6.04 Å². The third-order valence-corrected chi connectivity index (χ3v) is 2.76. The lowest BCUT2D eigenvalue weighted by atomic mass is 10.1. The number of hydrogen-bond acceptors (Lipinski definition) is 3. The summed E-state index contributed by atoms with van der Waals surface area (Å²) in [6.07, 6.45) is 1.34. The number of amides is 1. The van der Waals surface area contributed by atoms with E-state index in [0.29, 0.717) is 6.42 Å². The van der Waals surface area contributed by atoms with Crippen LogP contribution in [0.1, 0.15) is 31.4 Å². The van der Waals surface area contributed by atoms with Crippen LogP contribution in [-0.2, 0) is 4.79 Å². The van der Waals surface area contributed by atoms with Crippen LogP contribution in [0.3, 0.4) is 0 Å². The zero-order chi connectivity index (χ0) is 12.7. The Morgan fingerprint density at radius 2 is 2.06 bits per heavy atom. The molecule has 0 saturated heterocycles. The van der Waals surface area contributed by atoms with Gasteiger partial charge < -0.3 is 16.2 Å². The molecular weight excluding hydrogens is 216 g/mol. The van der Waals surface area contributed by atoms with Gasteiger partial charge in [0.15, 0.2) is 0 Å². The lowest BCUT2D eigenvalue weighted by molar-refractivity contribution is -0.123. The number of hydrogen-bond donors (Lipinski definition) is 3. The third-order valence-electron chi connectivity index (χ3n) is 2.76. The van der Waals surface area contributed by atoms with Crippen LogP contribution < -0.4 is 11.1 Å². The monoisotopic (exact) mass is 236 g/mol. The van der Waals surface area contributed by atoms with Gasteiger partial charge in [-0.05, 0) is 18.4 Å². The van der Waals surface area contributed by atoms with Crippen LogP contribution in [0.25, 0.3) is 0 Å². The van der Waals surface area contributed by atoms with Gasteiger partial charge in [-0.2, -0.15) is 0 Å². The van der Waals surface area contributed by atoms with Gasteiger partial charge in [-0.15, -0.1) is 0 Å². The first-order valence-corrected chi connectivity index (χ1v) is 5.90. The molecule has 17 heavy (non-hydrogen) atoms. The summed E-state index contributed by atoms with van der Waals surface area (Å²) in [5.41, 5.74) is 6.66. The van der Waals surface area contributed by atoms with Crippen LogP contribution in [-0.4, -0.2) is 23.7 Å². The zero-order valence-corrected chi connectivity index (χ0v) is 10.1. The second-order valence-electron chi connectivity index (χ2n) is 4.01. The molecule has 1 amide bonds. The summed E-state index contributed by atoms with van der Waals surface area (Å²) in [6.45, 7) is 2.04. The van der Waals surface area contributed by atoms with Crippen LogP contribution >= 0.6 is 0 Å². The Morgan fingerprint density at radius 1 is 1.41 bits per heavy atom. The predicted octanol–water partition coefficient (Wildman–Crippen LogP) is 0.964. The molecule has 0 aliphatic carbocycles. The highest BCUT2D eigenvalue weighted by atomic mass is 16.3. The molecular formula is C13H20N2O2. The molecule has 4 heteroatoms. The summed E-state index contributed by atoms with van der Waals surface area (Å²) in [6, 6.07) is 8.59. The molecule has 0 aromatic heterocycles. The molecule has 94 valence electrons. The lowest BCUT2D eigenvalue weighted by Crippen LogP contribution is -2.41. The Bertz CT molecular complexity index is 341. The van der Waals surface area contributed by atoms with Gasteiger partial charge in [0.25, 0.3) is 0 Å². The zero-order valence-electron chi connectivity index (χ0n) is 10.1. The number of carbonyl (C=O) groups excluding carboxylic acids is 1. The van der Waals surface area contributed by atoms with Crippen molar-refractivity contribution < 1.29 is 9.90 Å². The van der Waals surface area contributed by atoms with Crippen molar-refractivity contribution in [2.24, 2.45) is 5.73 Å². The second kappa shape index (κ2) is 7.04. The summed E-state index contributed by atoms with van der Waals surface area (Å²) in [5.74, 6) is -0.198. The molecule has 0 fully saturated rings. The van der Waals surface area contributed by atoms with Crippen LogP contribution in [0, 0.1) is 0 Å². The van der Waals surface area contributed by atoms with Crippen molar-refractivity contribution in [2.75, 3.05) is 6.61 Å². The fourth-order valence-electron chi connectivity index (χ4n) is 1.64. The van der Waals surface area contributed by atoms with Crippen molar-refractivity contribution in [3.05, 3.63) is 35.9 Å². The van der Waals surface area contributed by atoms with E-state index in [1.54, 1.807) is 0 Å². The highest BCUT2D eigenvalue weighted by molar-refractivity contribution is 5.83. The first-order valence-electron chi connectivity index (χ1n) is 5.90. The fourth-order valence-corrected chi connectivity index (χ4v) is 1.64. The van der Waals surface area contributed by atoms with Gasteiger partial charge in [0.2, 0.25) is 5.91 Å². The SMILES string of the molecule is CCC(CCO)NC(=O)[C@H](N)c1ccccc1. The minimum atomic E-state index is -0.649. The molecule has 0 bridgehead atoms. The number of nitrogens with two attached hydrogens (primary N) is 1. The summed E-state index contributed by atoms with van der Waals surface area (Å²) in [5, 5.41) is 11.7. The maximum absolute atomic E-state index is 11.9. The Hall–Kier alpha value is -1.39. The standard InChI is InChI=1S/C13H20N2O2/c1-2-11(8-9-16)15-13(17)12(14)10-6-4-3-5-7-10/h3-7,11-12,16H,2,8-9,14H2,1H3,(H,15,17)/t11?,12-/m1/s1. The first kappa shape index (κ1) is 13.7. The highest BCUT2D eigenvalue weighted by Gasteiger charge is 2.18. The molecule has 0 saturated carbocycles. The van der Waals surface area contributed by atoms with E-state index in [4.69, 9.17) is 10.8 Å². The van der Waals surface area contributed by atoms with E-state index in [-0.39, 0.29) is 18.6 Å². The molecule has 1 unspecified atom stereocenters. The van der Waals surface area contributed by atoms with Gasteiger partial charge in [0.05, 0.1) is 0 Å². The van der Waals surface area contributed by atoms with E-state index in [2.05, 4.69) is 5.32 Å². The van der Waals surface area contributed by atoms with Crippen LogP contribution in [0.5, 0.6) is 0 Å². The Morgan fingerprint density at radius 3 is 2.59 bits per heavy atom. The maximum atomic E-state index is 11.9. The number of nitrogens with one attached hydrogen (secondary N) is 1. The van der Waals surface area contributed by atoms with E-state index in [0.717, 1.165) is 12.0 Å². The Balaban J connectivity index is 2.58. The Labute approximate surface area is 102 Å². The number of rotatable bonds is 6. The molecule has 4 nitrogen and oxygen atoms in total. The van der Waals surface area contributed by atoms with Gasteiger partial charge in [-0.1, -0.05) is 37.3 Å². The minimum Gasteiger partial charge on any atom is -0.396 e. The normalized spacial score (nSPS) is 14.1. The number of aliphatic hydroxyl groups excluding tert-OH is 1. The maximum Gasteiger partial charge on any atom is 0.241 e. The van der Waals surface area contributed by atoms with Crippen LogP contribution in [0.2, 0.25) is 0 Å². The molecule has 1 aromatic carbocycles. The van der Waals surface area contributed by atoms with E-state index in [1.807, 2.05) is 37.3 Å². The number of carbonyl (C=O) groups is 1. The highest BCUT2D eigenvalue weighted by Crippen LogP contribution is 2.10. The predicted molar refractivity (Wildman–Crippen MR) is 67.3 cm³/mol. The molecule has 0 aliphatic heterocycles. The topological polar surface area (TPSA) is 75.3 Å². The van der Waals surface area contributed by atoms with Crippen LogP contribution in [0.15, 0.2) is 30.3 Å². The van der Waals surface area contributed by atoms with Gasteiger partial charge in [-0.25, -0.2) is 0 Å². The lowest BCUT2D eigenvalue weighted by Gasteiger charge is -2.19. The average molecular weight is 236 g/mol. The molecule has 4 N–H and O–H groups in total.